The average molecular weight is 204 g/mol. The molecule has 0 aromatic heterocycles. The fourth-order valence-electron chi connectivity index (χ4n) is 1.26. The van der Waals surface area contributed by atoms with Crippen LogP contribution >= 0.6 is 0 Å². The molecule has 0 atom stereocenters. The minimum Gasteiger partial charge on any atom is -0.377 e. The van der Waals surface area contributed by atoms with E-state index in [9.17, 15) is 0 Å². The lowest BCUT2D eigenvalue weighted by atomic mass is 10.1. The molecule has 0 N–H and O–H groups in total. The van der Waals surface area contributed by atoms with Gasteiger partial charge in [-0.05, 0) is 18.9 Å². The summed E-state index contributed by atoms with van der Waals surface area (Å²) in [5, 5.41) is 0. The van der Waals surface area contributed by atoms with Gasteiger partial charge in [-0.1, -0.05) is 55.3 Å². The van der Waals surface area contributed by atoms with Gasteiger partial charge in [0, 0.05) is 6.61 Å². The molecule has 1 nitrogen and oxygen atoms in total. The van der Waals surface area contributed by atoms with E-state index in [-0.39, 0.29) is 0 Å². The second-order valence-electron chi connectivity index (χ2n) is 3.74. The minimum absolute atomic E-state index is 0.716. The zero-order valence-corrected chi connectivity index (χ0v) is 9.70. The van der Waals surface area contributed by atoms with Crippen LogP contribution in [0.5, 0.6) is 0 Å². The number of aryl methyl sites for hydroxylation is 1. The van der Waals surface area contributed by atoms with Crippen LogP contribution in [0.25, 0.3) is 6.08 Å². The molecule has 0 bridgehead atoms. The van der Waals surface area contributed by atoms with E-state index in [1.807, 2.05) is 0 Å². The fourth-order valence-corrected chi connectivity index (χ4v) is 1.26. The van der Waals surface area contributed by atoms with Crippen molar-refractivity contribution in [2.45, 2.75) is 26.7 Å². The second kappa shape index (κ2) is 7.24. The van der Waals surface area contributed by atoms with Gasteiger partial charge in [0.25, 0.3) is 0 Å². The molecule has 0 saturated heterocycles. The third-order valence-corrected chi connectivity index (χ3v) is 2.24. The van der Waals surface area contributed by atoms with Gasteiger partial charge in [-0.3, -0.25) is 0 Å². The second-order valence-corrected chi connectivity index (χ2v) is 3.74. The van der Waals surface area contributed by atoms with E-state index in [1.54, 1.807) is 0 Å². The normalized spacial score (nSPS) is 11.1. The van der Waals surface area contributed by atoms with Crippen LogP contribution < -0.4 is 0 Å². The Morgan fingerprint density at radius 1 is 1.20 bits per heavy atom. The lowest BCUT2D eigenvalue weighted by molar-refractivity contribution is 0.159. The molecule has 1 rings (SSSR count). The van der Waals surface area contributed by atoms with E-state index in [2.05, 4.69) is 50.3 Å². The van der Waals surface area contributed by atoms with Gasteiger partial charge >= 0.3 is 0 Å². The van der Waals surface area contributed by atoms with Crippen LogP contribution in [0, 0.1) is 6.92 Å². The zero-order valence-electron chi connectivity index (χ0n) is 9.70. The topological polar surface area (TPSA) is 9.23 Å². The number of hydrogen-bond acceptors (Lipinski definition) is 1. The Kier molecular flexibility index (Phi) is 5.79. The number of rotatable bonds is 6. The molecule has 0 aliphatic carbocycles. The molecule has 0 saturated carbocycles. The molecule has 0 amide bonds. The maximum atomic E-state index is 5.43. The van der Waals surface area contributed by atoms with Gasteiger partial charge in [-0.2, -0.15) is 0 Å². The van der Waals surface area contributed by atoms with E-state index in [0.29, 0.717) is 6.61 Å². The van der Waals surface area contributed by atoms with E-state index in [4.69, 9.17) is 4.74 Å². The Balaban J connectivity index is 2.23. The first kappa shape index (κ1) is 12.0. The summed E-state index contributed by atoms with van der Waals surface area (Å²) in [6, 6.07) is 8.49. The van der Waals surface area contributed by atoms with Gasteiger partial charge in [0.1, 0.15) is 0 Å². The Morgan fingerprint density at radius 3 is 2.60 bits per heavy atom. The highest BCUT2D eigenvalue weighted by molar-refractivity contribution is 5.49. The third-order valence-electron chi connectivity index (χ3n) is 2.24. The summed E-state index contributed by atoms with van der Waals surface area (Å²) in [7, 11) is 0. The fraction of sp³-hybridized carbons (Fsp3) is 0.429. The summed E-state index contributed by atoms with van der Waals surface area (Å²) in [5.74, 6) is 0. The summed E-state index contributed by atoms with van der Waals surface area (Å²) in [6.45, 7) is 5.86. The summed E-state index contributed by atoms with van der Waals surface area (Å²) >= 11 is 0. The molecule has 0 fully saturated rings. The van der Waals surface area contributed by atoms with Crippen LogP contribution in [-0.2, 0) is 4.74 Å². The van der Waals surface area contributed by atoms with Gasteiger partial charge in [0.2, 0.25) is 0 Å². The summed E-state index contributed by atoms with van der Waals surface area (Å²) in [4.78, 5) is 0. The van der Waals surface area contributed by atoms with Crippen molar-refractivity contribution < 1.29 is 4.74 Å². The maximum absolute atomic E-state index is 5.43. The van der Waals surface area contributed by atoms with Gasteiger partial charge in [0.05, 0.1) is 6.61 Å². The van der Waals surface area contributed by atoms with Crippen LogP contribution in [0.3, 0.4) is 0 Å². The van der Waals surface area contributed by atoms with Gasteiger partial charge < -0.3 is 4.74 Å². The maximum Gasteiger partial charge on any atom is 0.0650 e. The molecular formula is C14H20O. The molecule has 0 unspecified atom stereocenters. The molecule has 1 aromatic carbocycles. The summed E-state index contributed by atoms with van der Waals surface area (Å²) < 4.78 is 5.43. The lowest BCUT2D eigenvalue weighted by Gasteiger charge is -1.98. The van der Waals surface area contributed by atoms with Crippen molar-refractivity contribution in [3.63, 3.8) is 0 Å². The van der Waals surface area contributed by atoms with Crippen LogP contribution in [0.2, 0.25) is 0 Å². The van der Waals surface area contributed by atoms with Crippen molar-refractivity contribution >= 4 is 6.08 Å². The van der Waals surface area contributed by atoms with Crippen LogP contribution in [0.4, 0.5) is 0 Å². The van der Waals surface area contributed by atoms with Crippen molar-refractivity contribution in [3.05, 3.63) is 41.5 Å². The first-order valence-corrected chi connectivity index (χ1v) is 5.64. The molecule has 0 aliphatic rings. The Hall–Kier alpha value is -1.08. The van der Waals surface area contributed by atoms with Crippen molar-refractivity contribution in [1.82, 2.24) is 0 Å². The quantitative estimate of drug-likeness (QED) is 0.640. The van der Waals surface area contributed by atoms with Gasteiger partial charge in [-0.15, -0.1) is 0 Å². The van der Waals surface area contributed by atoms with Crippen molar-refractivity contribution in [2.75, 3.05) is 13.2 Å². The van der Waals surface area contributed by atoms with Crippen LogP contribution in [0.15, 0.2) is 30.3 Å². The minimum atomic E-state index is 0.716. The Morgan fingerprint density at radius 2 is 1.93 bits per heavy atom. The van der Waals surface area contributed by atoms with Gasteiger partial charge in [-0.25, -0.2) is 0 Å². The van der Waals surface area contributed by atoms with Crippen molar-refractivity contribution in [3.8, 4) is 0 Å². The smallest absolute Gasteiger partial charge is 0.0650 e. The Labute approximate surface area is 92.8 Å². The number of unbranched alkanes of at least 4 members (excludes halogenated alkanes) is 1. The predicted molar refractivity (Wildman–Crippen MR) is 65.9 cm³/mol. The molecule has 0 radical (unpaired) electrons. The molecule has 0 aliphatic heterocycles. The van der Waals surface area contributed by atoms with Crippen LogP contribution in [0.1, 0.15) is 30.9 Å². The highest BCUT2D eigenvalue weighted by atomic mass is 16.5. The van der Waals surface area contributed by atoms with Crippen molar-refractivity contribution in [1.29, 1.82) is 0 Å². The molecule has 1 aromatic rings. The highest BCUT2D eigenvalue weighted by Crippen LogP contribution is 2.04. The standard InChI is InChI=1S/C14H20O/c1-3-4-11-15-12-5-6-14-9-7-13(2)8-10-14/h5-10H,3-4,11-12H2,1-2H3/b6-5+. The molecule has 82 valence electrons. The monoisotopic (exact) mass is 204 g/mol. The largest absolute Gasteiger partial charge is 0.377 e. The van der Waals surface area contributed by atoms with Crippen molar-refractivity contribution in [2.24, 2.45) is 0 Å². The first-order chi connectivity index (χ1) is 7.33. The highest BCUT2D eigenvalue weighted by Gasteiger charge is 1.86. The third kappa shape index (κ3) is 5.38. The number of ether oxygens (including phenoxy) is 1. The van der Waals surface area contributed by atoms with Crippen LogP contribution in [-0.4, -0.2) is 13.2 Å². The SMILES string of the molecule is CCCCOC/C=C/c1ccc(C)cc1. The van der Waals surface area contributed by atoms with Gasteiger partial charge in [0.15, 0.2) is 0 Å². The number of benzene rings is 1. The molecule has 0 spiro atoms. The number of hydrogen-bond donors (Lipinski definition) is 0. The first-order valence-electron chi connectivity index (χ1n) is 5.64. The van der Waals surface area contributed by atoms with E-state index in [0.717, 1.165) is 13.0 Å². The predicted octanol–water partition coefficient (Wildman–Crippen LogP) is 3.82. The Bertz CT molecular complexity index is 285. The molecule has 0 heterocycles. The van der Waals surface area contributed by atoms with E-state index in [1.165, 1.54) is 17.5 Å². The molecular weight excluding hydrogens is 184 g/mol. The summed E-state index contributed by atoms with van der Waals surface area (Å²) in [6.07, 6.45) is 6.52. The molecule has 1 heteroatoms. The van der Waals surface area contributed by atoms with E-state index < -0.39 is 0 Å². The van der Waals surface area contributed by atoms with E-state index >= 15 is 0 Å². The average Bonchev–Trinajstić information content (AvgIpc) is 2.26. The lowest BCUT2D eigenvalue weighted by Crippen LogP contribution is -1.92. The zero-order chi connectivity index (χ0) is 10.9. The summed E-state index contributed by atoms with van der Waals surface area (Å²) in [5.41, 5.74) is 2.53. The molecule has 15 heavy (non-hydrogen) atoms.